The van der Waals surface area contributed by atoms with E-state index >= 15 is 0 Å². The number of hydrogen-bond donors (Lipinski definition) is 1. The van der Waals surface area contributed by atoms with E-state index in [1.54, 1.807) is 7.11 Å². The van der Waals surface area contributed by atoms with Crippen LogP contribution in [0.25, 0.3) is 0 Å². The summed E-state index contributed by atoms with van der Waals surface area (Å²) in [6.45, 7) is 2.14. The van der Waals surface area contributed by atoms with E-state index in [1.165, 1.54) is 11.1 Å². The second kappa shape index (κ2) is 5.42. The van der Waals surface area contributed by atoms with Gasteiger partial charge in [0.1, 0.15) is 5.75 Å². The van der Waals surface area contributed by atoms with Crippen molar-refractivity contribution >= 4 is 5.97 Å². The summed E-state index contributed by atoms with van der Waals surface area (Å²) in [6.07, 6.45) is 3.25. The number of rotatable bonds is 5. The van der Waals surface area contributed by atoms with Crippen LogP contribution < -0.4 is 4.74 Å². The van der Waals surface area contributed by atoms with Gasteiger partial charge < -0.3 is 9.84 Å². The Kier molecular flexibility index (Phi) is 3.90. The molecule has 1 aliphatic rings. The maximum absolute atomic E-state index is 10.6. The Morgan fingerprint density at radius 2 is 2.17 bits per heavy atom. The van der Waals surface area contributed by atoms with Crippen molar-refractivity contribution in [3.05, 3.63) is 29.3 Å². The van der Waals surface area contributed by atoms with Crippen molar-refractivity contribution in [2.24, 2.45) is 5.92 Å². The third-order valence-corrected chi connectivity index (χ3v) is 3.84. The molecule has 0 unspecified atom stereocenters. The summed E-state index contributed by atoms with van der Waals surface area (Å²) in [6, 6.07) is 6.33. The first-order valence-electron chi connectivity index (χ1n) is 6.52. The van der Waals surface area contributed by atoms with Crippen molar-refractivity contribution in [1.29, 1.82) is 0 Å². The van der Waals surface area contributed by atoms with Gasteiger partial charge in [-0.2, -0.15) is 0 Å². The molecule has 1 fully saturated rings. The van der Waals surface area contributed by atoms with Crippen molar-refractivity contribution in [2.45, 2.75) is 38.5 Å². The molecule has 1 N–H and O–H groups in total. The summed E-state index contributed by atoms with van der Waals surface area (Å²) >= 11 is 0. The van der Waals surface area contributed by atoms with Crippen molar-refractivity contribution in [2.75, 3.05) is 7.11 Å². The second-order valence-corrected chi connectivity index (χ2v) is 5.06. The molecular weight excluding hydrogens is 228 g/mol. The minimum atomic E-state index is -0.687. The molecule has 0 saturated heterocycles. The summed E-state index contributed by atoms with van der Waals surface area (Å²) in [5.41, 5.74) is 2.56. The smallest absolute Gasteiger partial charge is 0.303 e. The van der Waals surface area contributed by atoms with Crippen LogP contribution >= 0.6 is 0 Å². The van der Waals surface area contributed by atoms with Crippen molar-refractivity contribution in [3.63, 3.8) is 0 Å². The molecule has 1 aliphatic carbocycles. The molecule has 0 radical (unpaired) electrons. The molecule has 0 spiro atoms. The van der Waals surface area contributed by atoms with Crippen LogP contribution in [0.4, 0.5) is 0 Å². The van der Waals surface area contributed by atoms with E-state index in [0.29, 0.717) is 18.3 Å². The Morgan fingerprint density at radius 3 is 2.72 bits per heavy atom. The first-order valence-corrected chi connectivity index (χ1v) is 6.52. The average Bonchev–Trinajstić information content (AvgIpc) is 2.32. The van der Waals surface area contributed by atoms with E-state index in [4.69, 9.17) is 9.84 Å². The molecule has 0 heterocycles. The van der Waals surface area contributed by atoms with Gasteiger partial charge in [-0.1, -0.05) is 19.1 Å². The highest BCUT2D eigenvalue weighted by molar-refractivity contribution is 5.67. The molecule has 0 aliphatic heterocycles. The van der Waals surface area contributed by atoms with Crippen LogP contribution in [0.2, 0.25) is 0 Å². The number of carboxylic acids is 1. The quantitative estimate of drug-likeness (QED) is 0.870. The molecule has 1 aromatic carbocycles. The van der Waals surface area contributed by atoms with E-state index in [9.17, 15) is 4.79 Å². The van der Waals surface area contributed by atoms with Gasteiger partial charge in [-0.3, -0.25) is 4.79 Å². The van der Waals surface area contributed by atoms with Gasteiger partial charge in [-0.25, -0.2) is 0 Å². The van der Waals surface area contributed by atoms with Crippen LogP contribution in [-0.2, 0) is 11.2 Å². The lowest BCUT2D eigenvalue weighted by Crippen LogP contribution is -2.24. The molecule has 0 aromatic heterocycles. The maximum atomic E-state index is 10.6. The van der Waals surface area contributed by atoms with Crippen LogP contribution in [0.1, 0.15) is 43.2 Å². The summed E-state index contributed by atoms with van der Waals surface area (Å²) in [4.78, 5) is 10.6. The Hall–Kier alpha value is -1.51. The van der Waals surface area contributed by atoms with Crippen LogP contribution in [0.15, 0.2) is 18.2 Å². The van der Waals surface area contributed by atoms with Crippen LogP contribution in [0, 0.1) is 5.92 Å². The first kappa shape index (κ1) is 12.9. The van der Waals surface area contributed by atoms with Gasteiger partial charge in [-0.05, 0) is 48.3 Å². The molecule has 2 rings (SSSR count). The van der Waals surface area contributed by atoms with E-state index < -0.39 is 5.97 Å². The molecule has 1 aromatic rings. The zero-order valence-corrected chi connectivity index (χ0v) is 11.0. The number of ether oxygens (including phenoxy) is 1. The van der Waals surface area contributed by atoms with E-state index in [-0.39, 0.29) is 0 Å². The Labute approximate surface area is 108 Å². The topological polar surface area (TPSA) is 46.5 Å². The number of carbonyl (C=O) groups is 1. The maximum Gasteiger partial charge on any atom is 0.303 e. The monoisotopic (exact) mass is 248 g/mol. The Balaban J connectivity index is 2.07. The van der Waals surface area contributed by atoms with Gasteiger partial charge in [0.25, 0.3) is 0 Å². The molecule has 0 amide bonds. The second-order valence-electron chi connectivity index (χ2n) is 5.06. The lowest BCUT2D eigenvalue weighted by molar-refractivity contribution is -0.138. The summed E-state index contributed by atoms with van der Waals surface area (Å²) in [5.74, 6) is 1.05. The van der Waals surface area contributed by atoms with E-state index in [0.717, 1.165) is 25.0 Å². The average molecular weight is 248 g/mol. The zero-order chi connectivity index (χ0) is 13.1. The fourth-order valence-corrected chi connectivity index (χ4v) is 2.73. The zero-order valence-electron chi connectivity index (χ0n) is 11.0. The molecular formula is C15H20O3. The third kappa shape index (κ3) is 2.66. The number of hydrogen-bond acceptors (Lipinski definition) is 2. The lowest BCUT2D eigenvalue weighted by atomic mass is 9.69. The van der Waals surface area contributed by atoms with Gasteiger partial charge in [0, 0.05) is 6.42 Å². The number of methoxy groups -OCH3 is 1. The van der Waals surface area contributed by atoms with Crippen molar-refractivity contribution in [1.82, 2.24) is 0 Å². The number of benzene rings is 1. The molecule has 98 valence electrons. The minimum absolute atomic E-state index is 0.298. The largest absolute Gasteiger partial charge is 0.496 e. The number of carboxylic acid groups (broad SMARTS) is 1. The lowest BCUT2D eigenvalue weighted by Gasteiger charge is -2.35. The van der Waals surface area contributed by atoms with Crippen molar-refractivity contribution < 1.29 is 14.6 Å². The standard InChI is InChI=1S/C15H20O3/c1-3-10-4-5-14(18-2)13(8-10)12-6-11(7-12)9-15(16)17/h4-5,8,11-12H,3,6-7,9H2,1-2H3,(H,16,17). The number of aryl methyl sites for hydroxylation is 1. The Bertz CT molecular complexity index is 433. The van der Waals surface area contributed by atoms with Crippen LogP contribution in [-0.4, -0.2) is 18.2 Å². The highest BCUT2D eigenvalue weighted by Gasteiger charge is 2.33. The normalized spacial score (nSPS) is 22.3. The summed E-state index contributed by atoms with van der Waals surface area (Å²) in [5, 5.41) is 8.76. The molecule has 3 nitrogen and oxygen atoms in total. The van der Waals surface area contributed by atoms with Gasteiger partial charge in [0.2, 0.25) is 0 Å². The molecule has 18 heavy (non-hydrogen) atoms. The highest BCUT2D eigenvalue weighted by atomic mass is 16.5. The predicted octanol–water partition coefficient (Wildman–Crippen LogP) is 3.23. The molecule has 1 saturated carbocycles. The first-order chi connectivity index (χ1) is 8.63. The summed E-state index contributed by atoms with van der Waals surface area (Å²) < 4.78 is 5.40. The van der Waals surface area contributed by atoms with Crippen LogP contribution in [0.5, 0.6) is 5.75 Å². The minimum Gasteiger partial charge on any atom is -0.496 e. The number of aliphatic carboxylic acids is 1. The van der Waals surface area contributed by atoms with Gasteiger partial charge in [0.05, 0.1) is 7.11 Å². The fourth-order valence-electron chi connectivity index (χ4n) is 2.73. The fraction of sp³-hybridized carbons (Fsp3) is 0.533. The van der Waals surface area contributed by atoms with E-state index in [2.05, 4.69) is 19.1 Å². The molecule has 0 bridgehead atoms. The highest BCUT2D eigenvalue weighted by Crippen LogP contribution is 2.46. The third-order valence-electron chi connectivity index (χ3n) is 3.84. The molecule has 3 heteroatoms. The SMILES string of the molecule is CCc1ccc(OC)c(C2CC(CC(=O)O)C2)c1. The predicted molar refractivity (Wildman–Crippen MR) is 70.1 cm³/mol. The van der Waals surface area contributed by atoms with Crippen molar-refractivity contribution in [3.8, 4) is 5.75 Å². The van der Waals surface area contributed by atoms with Gasteiger partial charge in [-0.15, -0.1) is 0 Å². The summed E-state index contributed by atoms with van der Waals surface area (Å²) in [7, 11) is 1.69. The van der Waals surface area contributed by atoms with E-state index in [1.807, 2.05) is 6.07 Å². The van der Waals surface area contributed by atoms with Crippen LogP contribution in [0.3, 0.4) is 0 Å². The van der Waals surface area contributed by atoms with Gasteiger partial charge in [0.15, 0.2) is 0 Å². The van der Waals surface area contributed by atoms with Gasteiger partial charge >= 0.3 is 5.97 Å². The Morgan fingerprint density at radius 1 is 1.44 bits per heavy atom. The molecule has 0 atom stereocenters.